The highest BCUT2D eigenvalue weighted by molar-refractivity contribution is 7.12. The molecule has 6 nitrogen and oxygen atoms in total. The van der Waals surface area contributed by atoms with Gasteiger partial charge >= 0.3 is 0 Å². The third-order valence-electron chi connectivity index (χ3n) is 4.32. The van der Waals surface area contributed by atoms with Crippen LogP contribution in [0, 0.1) is 6.92 Å². The second-order valence-corrected chi connectivity index (χ2v) is 8.05. The maximum Gasteiger partial charge on any atom is 0.268 e. The van der Waals surface area contributed by atoms with E-state index in [4.69, 9.17) is 16.3 Å². The van der Waals surface area contributed by atoms with E-state index in [2.05, 4.69) is 15.4 Å². The van der Waals surface area contributed by atoms with E-state index in [-0.39, 0.29) is 11.9 Å². The van der Waals surface area contributed by atoms with Crippen LogP contribution in [-0.4, -0.2) is 20.7 Å². The summed E-state index contributed by atoms with van der Waals surface area (Å²) in [6.45, 7) is 2.89. The number of thiophene rings is 1. The number of amides is 1. The van der Waals surface area contributed by atoms with Gasteiger partial charge in [0, 0.05) is 10.6 Å². The van der Waals surface area contributed by atoms with Gasteiger partial charge in [0.1, 0.15) is 18.7 Å². The molecule has 8 heteroatoms. The molecule has 0 saturated heterocycles. The summed E-state index contributed by atoms with van der Waals surface area (Å²) in [5.41, 5.74) is 3.00. The van der Waals surface area contributed by atoms with Crippen LogP contribution in [0.5, 0.6) is 5.75 Å². The molecular formula is C22H19ClN4O2S. The summed E-state index contributed by atoms with van der Waals surface area (Å²) >= 11 is 7.53. The first kappa shape index (κ1) is 20.1. The van der Waals surface area contributed by atoms with Crippen LogP contribution in [0.25, 0.3) is 0 Å². The van der Waals surface area contributed by atoms with Crippen molar-refractivity contribution in [3.8, 4) is 5.75 Å². The first-order chi connectivity index (χ1) is 14.6. The van der Waals surface area contributed by atoms with Crippen molar-refractivity contribution < 1.29 is 9.53 Å². The third kappa shape index (κ3) is 5.06. The summed E-state index contributed by atoms with van der Waals surface area (Å²) in [7, 11) is 0. The standard InChI is InChI=1S/C22H19ClN4O2S/c1-15-5-4-7-18(9-15)29-12-16-10-20(30-13-16)21(28)25-22-24-14-27(26-22)11-17-6-2-3-8-19(17)23/h2-10,13-14H,11-12H2,1H3,(H,25,26,28). The van der Waals surface area contributed by atoms with E-state index < -0.39 is 0 Å². The summed E-state index contributed by atoms with van der Waals surface area (Å²) in [6, 6.07) is 17.2. The SMILES string of the molecule is Cc1cccc(OCc2csc(C(=O)Nc3ncn(Cc4ccccc4Cl)n3)c2)c1. The fraction of sp³-hybridized carbons (Fsp3) is 0.136. The maximum absolute atomic E-state index is 12.5. The van der Waals surface area contributed by atoms with Gasteiger partial charge in [-0.15, -0.1) is 16.4 Å². The van der Waals surface area contributed by atoms with E-state index in [1.807, 2.05) is 66.9 Å². The molecule has 0 aliphatic heterocycles. The predicted molar refractivity (Wildman–Crippen MR) is 118 cm³/mol. The number of nitrogens with one attached hydrogen (secondary N) is 1. The maximum atomic E-state index is 12.5. The topological polar surface area (TPSA) is 69.0 Å². The van der Waals surface area contributed by atoms with Crippen LogP contribution in [0.3, 0.4) is 0 Å². The first-order valence-corrected chi connectivity index (χ1v) is 10.5. The highest BCUT2D eigenvalue weighted by atomic mass is 35.5. The summed E-state index contributed by atoms with van der Waals surface area (Å²) < 4.78 is 7.42. The monoisotopic (exact) mass is 438 g/mol. The van der Waals surface area contributed by atoms with Crippen LogP contribution < -0.4 is 10.1 Å². The molecule has 2 heterocycles. The zero-order valence-corrected chi connectivity index (χ0v) is 17.8. The molecule has 0 saturated carbocycles. The minimum atomic E-state index is -0.253. The van der Waals surface area contributed by atoms with Gasteiger partial charge in [0.05, 0.1) is 11.4 Å². The van der Waals surface area contributed by atoms with Crippen LogP contribution in [0.4, 0.5) is 5.95 Å². The molecular weight excluding hydrogens is 420 g/mol. The molecule has 2 aromatic heterocycles. The molecule has 0 fully saturated rings. The lowest BCUT2D eigenvalue weighted by Crippen LogP contribution is -2.12. The van der Waals surface area contributed by atoms with Crippen molar-refractivity contribution >= 4 is 34.8 Å². The second-order valence-electron chi connectivity index (χ2n) is 6.74. The van der Waals surface area contributed by atoms with Crippen LogP contribution in [-0.2, 0) is 13.2 Å². The van der Waals surface area contributed by atoms with Gasteiger partial charge in [0.15, 0.2) is 0 Å². The molecule has 4 rings (SSSR count). The van der Waals surface area contributed by atoms with Crippen molar-refractivity contribution in [2.45, 2.75) is 20.1 Å². The molecule has 152 valence electrons. The number of aryl methyl sites for hydroxylation is 1. The minimum absolute atomic E-state index is 0.248. The predicted octanol–water partition coefficient (Wildman–Crippen LogP) is 5.18. The number of rotatable bonds is 7. The number of benzene rings is 2. The molecule has 1 N–H and O–H groups in total. The number of hydrogen-bond acceptors (Lipinski definition) is 5. The largest absolute Gasteiger partial charge is 0.489 e. The Hall–Kier alpha value is -3.16. The van der Waals surface area contributed by atoms with Gasteiger partial charge in [0.25, 0.3) is 5.91 Å². The first-order valence-electron chi connectivity index (χ1n) is 9.28. The van der Waals surface area contributed by atoms with E-state index in [0.717, 1.165) is 22.4 Å². The number of ether oxygens (including phenoxy) is 1. The van der Waals surface area contributed by atoms with E-state index in [0.29, 0.717) is 23.1 Å². The highest BCUT2D eigenvalue weighted by Gasteiger charge is 2.13. The Morgan fingerprint density at radius 2 is 2.07 bits per heavy atom. The molecule has 0 atom stereocenters. The summed E-state index contributed by atoms with van der Waals surface area (Å²) in [5, 5.41) is 9.60. The number of anilines is 1. The Morgan fingerprint density at radius 1 is 1.20 bits per heavy atom. The Morgan fingerprint density at radius 3 is 2.90 bits per heavy atom. The molecule has 0 unspecified atom stereocenters. The Bertz CT molecular complexity index is 1170. The van der Waals surface area contributed by atoms with Crippen molar-refractivity contribution in [2.75, 3.05) is 5.32 Å². The Labute approximate surface area is 183 Å². The van der Waals surface area contributed by atoms with Gasteiger partial charge < -0.3 is 4.74 Å². The minimum Gasteiger partial charge on any atom is -0.489 e. The lowest BCUT2D eigenvalue weighted by molar-refractivity contribution is 0.102. The van der Waals surface area contributed by atoms with Crippen LogP contribution in [0.1, 0.15) is 26.4 Å². The van der Waals surface area contributed by atoms with E-state index in [1.165, 1.54) is 11.3 Å². The molecule has 1 amide bonds. The molecule has 4 aromatic rings. The molecule has 0 bridgehead atoms. The lowest BCUT2D eigenvalue weighted by atomic mass is 10.2. The molecule has 0 aliphatic carbocycles. The Balaban J connectivity index is 1.34. The van der Waals surface area contributed by atoms with Crippen LogP contribution in [0.15, 0.2) is 66.3 Å². The van der Waals surface area contributed by atoms with Crippen molar-refractivity contribution in [3.63, 3.8) is 0 Å². The van der Waals surface area contributed by atoms with Gasteiger partial charge in [-0.3, -0.25) is 10.1 Å². The number of halogens is 1. The van der Waals surface area contributed by atoms with E-state index in [1.54, 1.807) is 11.0 Å². The van der Waals surface area contributed by atoms with Gasteiger partial charge in [-0.2, -0.15) is 0 Å². The smallest absolute Gasteiger partial charge is 0.268 e. The van der Waals surface area contributed by atoms with Crippen LogP contribution in [0.2, 0.25) is 5.02 Å². The molecule has 0 radical (unpaired) electrons. The van der Waals surface area contributed by atoms with Gasteiger partial charge in [0.2, 0.25) is 5.95 Å². The number of aromatic nitrogens is 3. The van der Waals surface area contributed by atoms with Crippen molar-refractivity contribution in [3.05, 3.63) is 92.9 Å². The van der Waals surface area contributed by atoms with E-state index in [9.17, 15) is 4.79 Å². The van der Waals surface area contributed by atoms with Gasteiger partial charge in [-0.05, 0) is 47.7 Å². The fourth-order valence-electron chi connectivity index (χ4n) is 2.83. The van der Waals surface area contributed by atoms with E-state index >= 15 is 0 Å². The second kappa shape index (κ2) is 9.11. The average molecular weight is 439 g/mol. The summed E-state index contributed by atoms with van der Waals surface area (Å²) in [4.78, 5) is 17.2. The average Bonchev–Trinajstić information content (AvgIpc) is 3.38. The quantitative estimate of drug-likeness (QED) is 0.431. The number of carbonyl (C=O) groups excluding carboxylic acids is 1. The molecule has 30 heavy (non-hydrogen) atoms. The zero-order chi connectivity index (χ0) is 20.9. The van der Waals surface area contributed by atoms with Crippen molar-refractivity contribution in [1.29, 1.82) is 0 Å². The molecule has 0 aliphatic rings. The molecule has 0 spiro atoms. The number of hydrogen-bond donors (Lipinski definition) is 1. The number of nitrogens with zero attached hydrogens (tertiary/aromatic N) is 3. The normalized spacial score (nSPS) is 10.7. The number of carbonyl (C=O) groups is 1. The van der Waals surface area contributed by atoms with Crippen LogP contribution >= 0.6 is 22.9 Å². The van der Waals surface area contributed by atoms with Gasteiger partial charge in [-0.25, -0.2) is 9.67 Å². The van der Waals surface area contributed by atoms with Gasteiger partial charge in [-0.1, -0.05) is 41.9 Å². The third-order valence-corrected chi connectivity index (χ3v) is 5.67. The highest BCUT2D eigenvalue weighted by Crippen LogP contribution is 2.20. The van der Waals surface area contributed by atoms with Crippen molar-refractivity contribution in [2.24, 2.45) is 0 Å². The lowest BCUT2D eigenvalue weighted by Gasteiger charge is -2.05. The van der Waals surface area contributed by atoms with Crippen molar-refractivity contribution in [1.82, 2.24) is 14.8 Å². The summed E-state index contributed by atoms with van der Waals surface area (Å²) in [6.07, 6.45) is 1.56. The fourth-order valence-corrected chi connectivity index (χ4v) is 3.82. The summed E-state index contributed by atoms with van der Waals surface area (Å²) in [5.74, 6) is 0.802. The zero-order valence-electron chi connectivity index (χ0n) is 16.2. The molecule has 2 aromatic carbocycles. The Kier molecular flexibility index (Phi) is 6.11.